The summed E-state index contributed by atoms with van der Waals surface area (Å²) in [6.45, 7) is 13.3. The number of benzene rings is 1. The minimum Gasteiger partial charge on any atom is -0.550 e. The molecule has 0 radical (unpaired) electrons. The number of carbonyl (C=O) groups is 5. The Balaban J connectivity index is -0.000000155. The molecule has 5 atom stereocenters. The SMILES string of the molecule is C=CC(=O)OCCNC(=O)C(C)C(C)C(=O)[O-].CC(C(=O)[O-])C(C)C(=O)[O-].CCC(C)c1ccccc1.[Na+].[Na+].[Na+]. The predicted octanol–water partition coefficient (Wildman–Crippen LogP) is -9.18. The summed E-state index contributed by atoms with van der Waals surface area (Å²) >= 11 is 0. The van der Waals surface area contributed by atoms with Crippen LogP contribution in [0.15, 0.2) is 43.0 Å². The standard InChI is InChI=1S/C11H17NO5.C10H14.C6H10O4.3Na/c1-4-9(13)17-6-5-12-10(14)7(2)8(3)11(15)16;1-3-9(2)10-7-5-4-6-8-10;1-3(5(7)8)4(2)6(9)10;;;/h4,7-8H,1,5-6H2,2-3H3,(H,12,14)(H,15,16);4-9H,3H2,1-2H3;3-4H,1-2H3,(H,7,8)(H,9,10);;;/q;;;3*+1/p-3. The van der Waals surface area contributed by atoms with Crippen LogP contribution in [0.1, 0.15) is 59.4 Å². The fourth-order valence-electron chi connectivity index (χ4n) is 2.40. The van der Waals surface area contributed by atoms with Gasteiger partial charge >= 0.3 is 94.6 Å². The number of hydrogen-bond acceptors (Lipinski definition) is 9. The van der Waals surface area contributed by atoms with E-state index in [-0.39, 0.29) is 102 Å². The van der Waals surface area contributed by atoms with Crippen molar-refractivity contribution in [3.63, 3.8) is 0 Å². The van der Waals surface area contributed by atoms with E-state index < -0.39 is 53.5 Å². The molecular formula is C27H38NNa3O9. The zero-order chi connectivity index (χ0) is 29.1. The van der Waals surface area contributed by atoms with Crippen molar-refractivity contribution in [3.8, 4) is 0 Å². The fraction of sp³-hybridized carbons (Fsp3) is 0.519. The molecule has 13 heteroatoms. The van der Waals surface area contributed by atoms with E-state index in [4.69, 9.17) is 0 Å². The van der Waals surface area contributed by atoms with E-state index >= 15 is 0 Å². The van der Waals surface area contributed by atoms with Gasteiger partial charge in [-0.25, -0.2) is 4.79 Å². The summed E-state index contributed by atoms with van der Waals surface area (Å²) in [6, 6.07) is 10.6. The minimum absolute atomic E-state index is 0. The van der Waals surface area contributed by atoms with E-state index in [1.165, 1.54) is 39.7 Å². The first kappa shape index (κ1) is 49.0. The van der Waals surface area contributed by atoms with Crippen molar-refractivity contribution in [3.05, 3.63) is 48.6 Å². The number of carboxylic acid groups (broad SMARTS) is 3. The van der Waals surface area contributed by atoms with E-state index in [1.54, 1.807) is 0 Å². The Hall–Kier alpha value is -0.690. The van der Waals surface area contributed by atoms with E-state index in [0.717, 1.165) is 6.08 Å². The van der Waals surface area contributed by atoms with Gasteiger partial charge in [0, 0.05) is 47.7 Å². The summed E-state index contributed by atoms with van der Waals surface area (Å²) < 4.78 is 4.63. The van der Waals surface area contributed by atoms with E-state index in [1.807, 2.05) is 0 Å². The summed E-state index contributed by atoms with van der Waals surface area (Å²) in [4.78, 5) is 52.7. The molecule has 0 aromatic heterocycles. The van der Waals surface area contributed by atoms with Crippen molar-refractivity contribution < 1.29 is 133 Å². The number of esters is 1. The third-order valence-corrected chi connectivity index (χ3v) is 5.82. The smallest absolute Gasteiger partial charge is 0.550 e. The Kier molecular flexibility index (Phi) is 34.8. The number of carbonyl (C=O) groups excluding carboxylic acids is 5. The number of aliphatic carboxylic acids is 3. The van der Waals surface area contributed by atoms with Crippen LogP contribution in [-0.4, -0.2) is 42.9 Å². The molecule has 208 valence electrons. The fourth-order valence-corrected chi connectivity index (χ4v) is 2.40. The van der Waals surface area contributed by atoms with Gasteiger partial charge in [0.25, 0.3) is 0 Å². The maximum atomic E-state index is 11.4. The summed E-state index contributed by atoms with van der Waals surface area (Å²) in [5, 5.41) is 33.1. The van der Waals surface area contributed by atoms with Crippen LogP contribution in [0.25, 0.3) is 0 Å². The molecule has 1 N–H and O–H groups in total. The molecule has 0 saturated carbocycles. The quantitative estimate of drug-likeness (QED) is 0.107. The van der Waals surface area contributed by atoms with Crippen LogP contribution in [0.4, 0.5) is 0 Å². The van der Waals surface area contributed by atoms with Crippen LogP contribution in [-0.2, 0) is 28.7 Å². The van der Waals surface area contributed by atoms with Crippen molar-refractivity contribution >= 4 is 29.8 Å². The topological polar surface area (TPSA) is 176 Å². The van der Waals surface area contributed by atoms with Crippen molar-refractivity contribution in [1.82, 2.24) is 5.32 Å². The van der Waals surface area contributed by atoms with Crippen LogP contribution in [0.2, 0.25) is 0 Å². The molecule has 1 amide bonds. The Morgan fingerprint density at radius 3 is 1.55 bits per heavy atom. The van der Waals surface area contributed by atoms with Crippen LogP contribution in [0.3, 0.4) is 0 Å². The second kappa shape index (κ2) is 28.4. The summed E-state index contributed by atoms with van der Waals surface area (Å²) in [5.74, 6) is -7.84. The van der Waals surface area contributed by atoms with Crippen molar-refractivity contribution in [2.75, 3.05) is 13.2 Å². The van der Waals surface area contributed by atoms with E-state index in [2.05, 4.69) is 60.8 Å². The molecule has 0 aliphatic rings. The van der Waals surface area contributed by atoms with Crippen molar-refractivity contribution in [1.29, 1.82) is 0 Å². The number of ether oxygens (including phenoxy) is 1. The van der Waals surface area contributed by atoms with E-state index in [0.29, 0.717) is 5.92 Å². The Morgan fingerprint density at radius 2 is 1.20 bits per heavy atom. The van der Waals surface area contributed by atoms with Gasteiger partial charge in [-0.1, -0.05) is 78.5 Å². The molecule has 1 aromatic carbocycles. The third-order valence-electron chi connectivity index (χ3n) is 5.82. The number of nitrogens with one attached hydrogen (secondary N) is 1. The Labute approximate surface area is 304 Å². The summed E-state index contributed by atoms with van der Waals surface area (Å²) in [5.41, 5.74) is 1.45. The zero-order valence-electron chi connectivity index (χ0n) is 25.4. The summed E-state index contributed by atoms with van der Waals surface area (Å²) in [6.07, 6.45) is 2.24. The average Bonchev–Trinajstić information content (AvgIpc) is 2.89. The maximum Gasteiger partial charge on any atom is 1.00 e. The van der Waals surface area contributed by atoms with Gasteiger partial charge in [-0.05, 0) is 17.9 Å². The zero-order valence-corrected chi connectivity index (χ0v) is 31.4. The monoisotopic (exact) mass is 589 g/mol. The molecule has 40 heavy (non-hydrogen) atoms. The number of hydrogen-bond donors (Lipinski definition) is 1. The molecule has 0 aliphatic heterocycles. The van der Waals surface area contributed by atoms with Crippen molar-refractivity contribution in [2.24, 2.45) is 23.7 Å². The molecule has 10 nitrogen and oxygen atoms in total. The van der Waals surface area contributed by atoms with Gasteiger partial charge in [0.1, 0.15) is 6.61 Å². The number of amides is 1. The van der Waals surface area contributed by atoms with Gasteiger partial charge in [-0.3, -0.25) is 4.79 Å². The third kappa shape index (κ3) is 22.9. The van der Waals surface area contributed by atoms with Crippen LogP contribution >= 0.6 is 0 Å². The van der Waals surface area contributed by atoms with Gasteiger partial charge in [-0.2, -0.15) is 0 Å². The van der Waals surface area contributed by atoms with Crippen LogP contribution in [0, 0.1) is 23.7 Å². The van der Waals surface area contributed by atoms with Crippen molar-refractivity contribution in [2.45, 2.75) is 53.9 Å². The summed E-state index contributed by atoms with van der Waals surface area (Å²) in [7, 11) is 0. The molecule has 0 saturated heterocycles. The first-order valence-electron chi connectivity index (χ1n) is 11.9. The predicted molar refractivity (Wildman–Crippen MR) is 131 cm³/mol. The minimum atomic E-state index is -1.36. The normalized spacial score (nSPS) is 12.8. The van der Waals surface area contributed by atoms with E-state index in [9.17, 15) is 39.3 Å². The molecule has 0 heterocycles. The van der Waals surface area contributed by atoms with Gasteiger partial charge in [0.2, 0.25) is 5.91 Å². The Bertz CT molecular complexity index is 867. The molecule has 0 aliphatic carbocycles. The van der Waals surface area contributed by atoms with Gasteiger partial charge in [0.05, 0.1) is 6.54 Å². The second-order valence-electron chi connectivity index (χ2n) is 8.49. The Morgan fingerprint density at radius 1 is 0.800 bits per heavy atom. The second-order valence-corrected chi connectivity index (χ2v) is 8.49. The molecule has 0 spiro atoms. The van der Waals surface area contributed by atoms with Crippen LogP contribution in [0.5, 0.6) is 0 Å². The molecule has 1 aromatic rings. The molecule has 0 bridgehead atoms. The number of rotatable bonds is 12. The van der Waals surface area contributed by atoms with Gasteiger partial charge in [-0.15, -0.1) is 0 Å². The first-order valence-corrected chi connectivity index (χ1v) is 11.9. The number of carboxylic acids is 3. The molecule has 5 unspecified atom stereocenters. The maximum absolute atomic E-state index is 11.4. The molecule has 1 rings (SSSR count). The van der Waals surface area contributed by atoms with Gasteiger partial charge < -0.3 is 39.8 Å². The largest absolute Gasteiger partial charge is 1.00 e. The molecular weight excluding hydrogens is 551 g/mol. The molecule has 0 fully saturated rings. The first-order chi connectivity index (χ1) is 17.2. The van der Waals surface area contributed by atoms with Crippen LogP contribution < -0.4 is 109 Å². The average molecular weight is 590 g/mol. The van der Waals surface area contributed by atoms with Gasteiger partial charge in [0.15, 0.2) is 0 Å².